The predicted octanol–water partition coefficient (Wildman–Crippen LogP) is 3.76. The molecule has 3 aromatic rings. The number of nitro benzene ring substituents is 1. The summed E-state index contributed by atoms with van der Waals surface area (Å²) < 4.78 is 13.3. The van der Waals surface area contributed by atoms with Crippen LogP contribution in [0.3, 0.4) is 0 Å². The van der Waals surface area contributed by atoms with Crippen molar-refractivity contribution in [2.45, 2.75) is 6.92 Å². The monoisotopic (exact) mass is 354 g/mol. The maximum Gasteiger partial charge on any atom is 0.295 e. The molecule has 26 heavy (non-hydrogen) atoms. The second-order valence-electron chi connectivity index (χ2n) is 5.25. The summed E-state index contributed by atoms with van der Waals surface area (Å²) in [4.78, 5) is 23.4. The molecular weight excluding hydrogens is 339 g/mol. The highest BCUT2D eigenvalue weighted by atomic mass is 19.1. The van der Waals surface area contributed by atoms with E-state index in [2.05, 4.69) is 25.6 Å². The molecule has 132 valence electrons. The van der Waals surface area contributed by atoms with Gasteiger partial charge >= 0.3 is 0 Å². The van der Waals surface area contributed by atoms with Crippen LogP contribution in [0.5, 0.6) is 0 Å². The lowest BCUT2D eigenvalue weighted by molar-refractivity contribution is -0.384. The SMILES string of the molecule is CCNc1nc(Nc2ccc(F)cc2[N+](=O)[O-])cc(-c2ccccn2)n1. The van der Waals surface area contributed by atoms with Gasteiger partial charge in [0.2, 0.25) is 5.95 Å². The molecule has 2 aromatic heterocycles. The third kappa shape index (κ3) is 3.89. The number of nitrogens with zero attached hydrogens (tertiary/aromatic N) is 4. The maximum absolute atomic E-state index is 13.3. The van der Waals surface area contributed by atoms with Crippen LogP contribution in [0.2, 0.25) is 0 Å². The van der Waals surface area contributed by atoms with E-state index in [1.54, 1.807) is 24.4 Å². The van der Waals surface area contributed by atoms with E-state index in [0.29, 0.717) is 29.7 Å². The minimum atomic E-state index is -0.688. The molecule has 0 spiro atoms. The normalized spacial score (nSPS) is 10.4. The third-order valence-electron chi connectivity index (χ3n) is 3.41. The van der Waals surface area contributed by atoms with Gasteiger partial charge in [-0.1, -0.05) is 6.07 Å². The zero-order valence-electron chi connectivity index (χ0n) is 13.8. The molecule has 2 heterocycles. The molecule has 8 nitrogen and oxygen atoms in total. The number of benzene rings is 1. The van der Waals surface area contributed by atoms with Crippen molar-refractivity contribution in [2.24, 2.45) is 0 Å². The molecule has 0 fully saturated rings. The van der Waals surface area contributed by atoms with Gasteiger partial charge in [0.1, 0.15) is 17.3 Å². The Bertz CT molecular complexity index is 936. The Balaban J connectivity index is 2.02. The zero-order valence-corrected chi connectivity index (χ0v) is 13.8. The lowest BCUT2D eigenvalue weighted by Crippen LogP contribution is -2.06. The van der Waals surface area contributed by atoms with E-state index in [-0.39, 0.29) is 11.4 Å². The quantitative estimate of drug-likeness (QED) is 0.513. The molecule has 0 unspecified atom stereocenters. The highest BCUT2D eigenvalue weighted by Crippen LogP contribution is 2.29. The summed E-state index contributed by atoms with van der Waals surface area (Å²) in [5, 5.41) is 17.0. The fraction of sp³-hybridized carbons (Fsp3) is 0.118. The zero-order chi connectivity index (χ0) is 18.5. The molecule has 0 aliphatic heterocycles. The second kappa shape index (κ2) is 7.51. The average Bonchev–Trinajstić information content (AvgIpc) is 2.64. The van der Waals surface area contributed by atoms with Gasteiger partial charge in [0.15, 0.2) is 0 Å². The van der Waals surface area contributed by atoms with E-state index in [4.69, 9.17) is 0 Å². The molecule has 0 bridgehead atoms. The van der Waals surface area contributed by atoms with Gasteiger partial charge in [0.05, 0.1) is 22.4 Å². The first-order valence-corrected chi connectivity index (χ1v) is 7.82. The summed E-state index contributed by atoms with van der Waals surface area (Å²) in [6.07, 6.45) is 1.64. The van der Waals surface area contributed by atoms with Gasteiger partial charge in [-0.3, -0.25) is 15.1 Å². The molecule has 0 amide bonds. The van der Waals surface area contributed by atoms with E-state index in [0.717, 1.165) is 12.1 Å². The van der Waals surface area contributed by atoms with Crippen molar-refractivity contribution in [3.8, 4) is 11.4 Å². The van der Waals surface area contributed by atoms with Crippen LogP contribution >= 0.6 is 0 Å². The van der Waals surface area contributed by atoms with Crippen LogP contribution < -0.4 is 10.6 Å². The molecular formula is C17H15FN6O2. The number of nitrogens with one attached hydrogen (secondary N) is 2. The molecule has 0 saturated heterocycles. The summed E-state index contributed by atoms with van der Waals surface area (Å²) in [5.41, 5.74) is 0.923. The van der Waals surface area contributed by atoms with Crippen molar-refractivity contribution in [3.63, 3.8) is 0 Å². The van der Waals surface area contributed by atoms with E-state index in [9.17, 15) is 14.5 Å². The van der Waals surface area contributed by atoms with E-state index >= 15 is 0 Å². The Morgan fingerprint density at radius 3 is 2.69 bits per heavy atom. The predicted molar refractivity (Wildman–Crippen MR) is 95.8 cm³/mol. The van der Waals surface area contributed by atoms with Gasteiger partial charge in [0.25, 0.3) is 5.69 Å². The Morgan fingerprint density at radius 1 is 1.15 bits per heavy atom. The van der Waals surface area contributed by atoms with Gasteiger partial charge in [-0.15, -0.1) is 0 Å². The fourth-order valence-corrected chi connectivity index (χ4v) is 2.29. The summed E-state index contributed by atoms with van der Waals surface area (Å²) >= 11 is 0. The van der Waals surface area contributed by atoms with E-state index in [1.807, 2.05) is 13.0 Å². The van der Waals surface area contributed by atoms with Crippen LogP contribution in [-0.2, 0) is 0 Å². The summed E-state index contributed by atoms with van der Waals surface area (Å²) in [7, 11) is 0. The highest BCUT2D eigenvalue weighted by molar-refractivity contribution is 5.70. The number of anilines is 3. The Morgan fingerprint density at radius 2 is 2.00 bits per heavy atom. The third-order valence-corrected chi connectivity index (χ3v) is 3.41. The average molecular weight is 354 g/mol. The first-order chi connectivity index (χ1) is 12.6. The van der Waals surface area contributed by atoms with Crippen molar-refractivity contribution in [1.29, 1.82) is 0 Å². The van der Waals surface area contributed by atoms with Crippen LogP contribution in [0.25, 0.3) is 11.4 Å². The maximum atomic E-state index is 13.3. The van der Waals surface area contributed by atoms with Crippen LogP contribution in [0.1, 0.15) is 6.92 Å². The minimum absolute atomic E-state index is 0.129. The molecule has 9 heteroatoms. The van der Waals surface area contributed by atoms with Crippen molar-refractivity contribution < 1.29 is 9.31 Å². The number of rotatable bonds is 6. The van der Waals surface area contributed by atoms with Crippen LogP contribution in [0.15, 0.2) is 48.7 Å². The van der Waals surface area contributed by atoms with Crippen LogP contribution in [0.4, 0.5) is 27.5 Å². The number of nitro groups is 1. The topological polar surface area (TPSA) is 106 Å². The number of halogens is 1. The van der Waals surface area contributed by atoms with Crippen molar-refractivity contribution >= 4 is 23.1 Å². The summed E-state index contributed by atoms with van der Waals surface area (Å²) in [5.74, 6) is -0.0123. The first kappa shape index (κ1) is 17.2. The molecule has 0 atom stereocenters. The highest BCUT2D eigenvalue weighted by Gasteiger charge is 2.16. The number of pyridine rings is 1. The number of hydrogen-bond acceptors (Lipinski definition) is 7. The number of hydrogen-bond donors (Lipinski definition) is 2. The Kier molecular flexibility index (Phi) is 4.97. The van der Waals surface area contributed by atoms with Gasteiger partial charge in [-0.25, -0.2) is 9.37 Å². The smallest absolute Gasteiger partial charge is 0.295 e. The molecule has 1 aromatic carbocycles. The van der Waals surface area contributed by atoms with Gasteiger partial charge < -0.3 is 10.6 Å². The fourth-order valence-electron chi connectivity index (χ4n) is 2.29. The van der Waals surface area contributed by atoms with Gasteiger partial charge in [-0.05, 0) is 31.2 Å². The molecule has 0 saturated carbocycles. The van der Waals surface area contributed by atoms with Crippen LogP contribution in [-0.4, -0.2) is 26.4 Å². The molecule has 0 radical (unpaired) electrons. The van der Waals surface area contributed by atoms with Crippen molar-refractivity contribution in [1.82, 2.24) is 15.0 Å². The number of aromatic nitrogens is 3. The standard InChI is InChI=1S/C17H15FN6O2/c1-2-19-17-22-14(12-5-3-4-8-20-12)10-16(23-17)21-13-7-6-11(18)9-15(13)24(25)26/h3-10H,2H2,1H3,(H2,19,21,22,23). The summed E-state index contributed by atoms with van der Waals surface area (Å²) in [6.45, 7) is 2.50. The first-order valence-electron chi connectivity index (χ1n) is 7.82. The lowest BCUT2D eigenvalue weighted by atomic mass is 10.2. The van der Waals surface area contributed by atoms with Crippen molar-refractivity contribution in [3.05, 3.63) is 64.6 Å². The summed E-state index contributed by atoms with van der Waals surface area (Å²) in [6, 6.07) is 10.3. The van der Waals surface area contributed by atoms with E-state index < -0.39 is 10.7 Å². The minimum Gasteiger partial charge on any atom is -0.354 e. The molecule has 0 aliphatic carbocycles. The Labute approximate surface area is 148 Å². The molecule has 0 aliphatic rings. The molecule has 2 N–H and O–H groups in total. The van der Waals surface area contributed by atoms with Gasteiger partial charge in [0, 0.05) is 18.8 Å². The van der Waals surface area contributed by atoms with Gasteiger partial charge in [-0.2, -0.15) is 4.98 Å². The van der Waals surface area contributed by atoms with E-state index in [1.165, 1.54) is 6.07 Å². The molecule has 3 rings (SSSR count). The Hall–Kier alpha value is -3.62. The van der Waals surface area contributed by atoms with Crippen molar-refractivity contribution in [2.75, 3.05) is 17.2 Å². The largest absolute Gasteiger partial charge is 0.354 e. The lowest BCUT2D eigenvalue weighted by Gasteiger charge is -2.10. The second-order valence-corrected chi connectivity index (χ2v) is 5.25. The van der Waals surface area contributed by atoms with Crippen LogP contribution in [0, 0.1) is 15.9 Å².